The molecule has 2 rings (SSSR count). The predicted octanol–water partition coefficient (Wildman–Crippen LogP) is 1.26. The third kappa shape index (κ3) is 1.99. The maximum atomic E-state index is 9.61. The number of hydrogen-bond donors (Lipinski definition) is 4. The monoisotopic (exact) mass is 210 g/mol. The number of phenolic OH excluding ortho intramolecular Hbond substituents is 3. The molecule has 0 unspecified atom stereocenters. The minimum Gasteiger partial charge on any atom is -0.504 e. The van der Waals surface area contributed by atoms with Crippen molar-refractivity contribution in [2.24, 2.45) is 0 Å². The van der Waals surface area contributed by atoms with Gasteiger partial charge >= 0.3 is 0 Å². The standard InChI is InChI=1S/C11H14O4/c12-8-2-1-7(9(13)10(8)14)3-4-11(15)5-6-11/h1-2,12-15H,3-6H2. The second kappa shape index (κ2) is 3.31. The summed E-state index contributed by atoms with van der Waals surface area (Å²) >= 11 is 0. The largest absolute Gasteiger partial charge is 0.504 e. The fourth-order valence-electron chi connectivity index (χ4n) is 1.57. The molecule has 0 bridgehead atoms. The summed E-state index contributed by atoms with van der Waals surface area (Å²) < 4.78 is 0. The van der Waals surface area contributed by atoms with Crippen molar-refractivity contribution in [3.63, 3.8) is 0 Å². The van der Waals surface area contributed by atoms with E-state index < -0.39 is 11.4 Å². The lowest BCUT2D eigenvalue weighted by molar-refractivity contribution is 0.140. The van der Waals surface area contributed by atoms with Crippen LogP contribution >= 0.6 is 0 Å². The van der Waals surface area contributed by atoms with Crippen molar-refractivity contribution < 1.29 is 20.4 Å². The third-order valence-electron chi connectivity index (χ3n) is 2.90. The van der Waals surface area contributed by atoms with E-state index in [4.69, 9.17) is 5.11 Å². The van der Waals surface area contributed by atoms with E-state index in [1.54, 1.807) is 6.07 Å². The molecule has 0 atom stereocenters. The van der Waals surface area contributed by atoms with Crippen molar-refractivity contribution in [1.82, 2.24) is 0 Å². The normalized spacial score (nSPS) is 17.7. The van der Waals surface area contributed by atoms with Crippen LogP contribution in [0.25, 0.3) is 0 Å². The van der Waals surface area contributed by atoms with Gasteiger partial charge in [0.15, 0.2) is 11.5 Å². The number of benzene rings is 1. The molecule has 0 radical (unpaired) electrons. The first-order valence-corrected chi connectivity index (χ1v) is 4.97. The molecule has 0 amide bonds. The highest BCUT2D eigenvalue weighted by Gasteiger charge is 2.39. The minimum atomic E-state index is -0.569. The van der Waals surface area contributed by atoms with Gasteiger partial charge in [0.2, 0.25) is 5.75 Å². The summed E-state index contributed by atoms with van der Waals surface area (Å²) in [6.07, 6.45) is 2.68. The molecule has 4 heteroatoms. The van der Waals surface area contributed by atoms with Crippen LogP contribution in [-0.2, 0) is 6.42 Å². The Bertz CT molecular complexity index is 382. The molecule has 0 spiro atoms. The van der Waals surface area contributed by atoms with Crippen LogP contribution in [0, 0.1) is 0 Å². The maximum absolute atomic E-state index is 9.61. The molecule has 1 aliphatic carbocycles. The molecule has 15 heavy (non-hydrogen) atoms. The van der Waals surface area contributed by atoms with Gasteiger partial charge in [0.1, 0.15) is 0 Å². The van der Waals surface area contributed by atoms with Gasteiger partial charge in [-0.3, -0.25) is 0 Å². The Morgan fingerprint density at radius 3 is 2.33 bits per heavy atom. The van der Waals surface area contributed by atoms with Gasteiger partial charge < -0.3 is 20.4 Å². The summed E-state index contributed by atoms with van der Waals surface area (Å²) in [5, 5.41) is 37.5. The number of aromatic hydroxyl groups is 3. The van der Waals surface area contributed by atoms with Crippen molar-refractivity contribution in [3.8, 4) is 17.2 Å². The molecule has 4 nitrogen and oxygen atoms in total. The molecule has 1 aliphatic rings. The average molecular weight is 210 g/mol. The molecule has 1 aromatic rings. The van der Waals surface area contributed by atoms with Crippen LogP contribution in [0.15, 0.2) is 12.1 Å². The first kappa shape index (κ1) is 10.1. The molecule has 1 fully saturated rings. The number of aliphatic hydroxyl groups is 1. The van der Waals surface area contributed by atoms with Gasteiger partial charge in [-0.15, -0.1) is 0 Å². The van der Waals surface area contributed by atoms with Crippen LogP contribution < -0.4 is 0 Å². The Kier molecular flexibility index (Phi) is 2.23. The lowest BCUT2D eigenvalue weighted by Gasteiger charge is -2.10. The Hall–Kier alpha value is -1.42. The molecular formula is C11H14O4. The van der Waals surface area contributed by atoms with E-state index >= 15 is 0 Å². The van der Waals surface area contributed by atoms with Crippen molar-refractivity contribution in [2.45, 2.75) is 31.3 Å². The lowest BCUT2D eigenvalue weighted by Crippen LogP contribution is -2.07. The van der Waals surface area contributed by atoms with Gasteiger partial charge in [-0.2, -0.15) is 0 Å². The van der Waals surface area contributed by atoms with Gasteiger partial charge in [-0.25, -0.2) is 0 Å². The highest BCUT2D eigenvalue weighted by Crippen LogP contribution is 2.42. The van der Waals surface area contributed by atoms with Crippen LogP contribution in [0.1, 0.15) is 24.8 Å². The molecular weight excluding hydrogens is 196 g/mol. The first-order valence-electron chi connectivity index (χ1n) is 4.97. The zero-order valence-corrected chi connectivity index (χ0v) is 8.27. The molecule has 0 saturated heterocycles. The van der Waals surface area contributed by atoms with Crippen LogP contribution in [0.4, 0.5) is 0 Å². The second-order valence-electron chi connectivity index (χ2n) is 4.17. The number of phenols is 3. The molecule has 0 heterocycles. The second-order valence-corrected chi connectivity index (χ2v) is 4.17. The SMILES string of the molecule is Oc1ccc(CCC2(O)CC2)c(O)c1O. The highest BCUT2D eigenvalue weighted by atomic mass is 16.3. The van der Waals surface area contributed by atoms with Crippen LogP contribution in [0.2, 0.25) is 0 Å². The topological polar surface area (TPSA) is 80.9 Å². The Balaban J connectivity index is 2.11. The summed E-state index contributed by atoms with van der Waals surface area (Å²) in [5.74, 6) is -1.11. The lowest BCUT2D eigenvalue weighted by atomic mass is 10.0. The number of rotatable bonds is 3. The Labute approximate surface area is 87.4 Å². The molecule has 0 aliphatic heterocycles. The van der Waals surface area contributed by atoms with Crippen molar-refractivity contribution in [1.29, 1.82) is 0 Å². The van der Waals surface area contributed by atoms with Crippen molar-refractivity contribution >= 4 is 0 Å². The number of hydrogen-bond acceptors (Lipinski definition) is 4. The Morgan fingerprint density at radius 2 is 1.73 bits per heavy atom. The van der Waals surface area contributed by atoms with Crippen LogP contribution in [-0.4, -0.2) is 26.0 Å². The van der Waals surface area contributed by atoms with Gasteiger partial charge in [0.05, 0.1) is 5.60 Å². The first-order chi connectivity index (χ1) is 7.02. The highest BCUT2D eigenvalue weighted by molar-refractivity contribution is 5.53. The van der Waals surface area contributed by atoms with Crippen LogP contribution in [0.5, 0.6) is 17.2 Å². The fourth-order valence-corrected chi connectivity index (χ4v) is 1.57. The molecule has 1 aromatic carbocycles. The summed E-state index contributed by atoms with van der Waals surface area (Å²) in [6, 6.07) is 2.89. The molecule has 1 saturated carbocycles. The van der Waals surface area contributed by atoms with Gasteiger partial charge in [-0.1, -0.05) is 6.07 Å². The molecule has 4 N–H and O–H groups in total. The maximum Gasteiger partial charge on any atom is 0.200 e. The van der Waals surface area contributed by atoms with E-state index in [0.717, 1.165) is 12.8 Å². The van der Waals surface area contributed by atoms with E-state index in [9.17, 15) is 15.3 Å². The summed E-state index contributed by atoms with van der Waals surface area (Å²) in [5.41, 5.74) is -0.0226. The van der Waals surface area contributed by atoms with E-state index in [1.807, 2.05) is 0 Å². The van der Waals surface area contributed by atoms with Crippen molar-refractivity contribution in [3.05, 3.63) is 17.7 Å². The zero-order valence-electron chi connectivity index (χ0n) is 8.27. The summed E-state index contributed by atoms with van der Waals surface area (Å²) in [6.45, 7) is 0. The van der Waals surface area contributed by atoms with Crippen LogP contribution in [0.3, 0.4) is 0 Å². The Morgan fingerprint density at radius 1 is 1.07 bits per heavy atom. The van der Waals surface area contributed by atoms with Gasteiger partial charge in [0, 0.05) is 0 Å². The molecule has 82 valence electrons. The summed E-state index contributed by atoms with van der Waals surface area (Å²) in [7, 11) is 0. The fraction of sp³-hybridized carbons (Fsp3) is 0.455. The zero-order chi connectivity index (χ0) is 11.1. The van der Waals surface area contributed by atoms with E-state index in [0.29, 0.717) is 18.4 Å². The number of aryl methyl sites for hydroxylation is 1. The van der Waals surface area contributed by atoms with Gasteiger partial charge in [-0.05, 0) is 37.3 Å². The van der Waals surface area contributed by atoms with Crippen molar-refractivity contribution in [2.75, 3.05) is 0 Å². The predicted molar refractivity (Wildman–Crippen MR) is 53.9 cm³/mol. The van der Waals surface area contributed by atoms with Gasteiger partial charge in [0.25, 0.3) is 0 Å². The van der Waals surface area contributed by atoms with E-state index in [1.165, 1.54) is 6.07 Å². The molecule has 0 aromatic heterocycles. The third-order valence-corrected chi connectivity index (χ3v) is 2.90. The summed E-state index contributed by atoms with van der Waals surface area (Å²) in [4.78, 5) is 0. The average Bonchev–Trinajstić information content (AvgIpc) is 2.93. The van der Waals surface area contributed by atoms with E-state index in [-0.39, 0.29) is 11.5 Å². The minimum absolute atomic E-state index is 0.292. The van der Waals surface area contributed by atoms with E-state index in [2.05, 4.69) is 0 Å². The quantitative estimate of drug-likeness (QED) is 0.566. The smallest absolute Gasteiger partial charge is 0.200 e.